The lowest BCUT2D eigenvalue weighted by atomic mass is 10.2. The third kappa shape index (κ3) is 5.03. The van der Waals surface area contributed by atoms with E-state index in [1.165, 1.54) is 0 Å². The first kappa shape index (κ1) is 21.3. The zero-order chi connectivity index (χ0) is 21.6. The summed E-state index contributed by atoms with van der Waals surface area (Å²) >= 11 is 6.22. The Morgan fingerprint density at radius 3 is 2.71 bits per heavy atom. The van der Waals surface area contributed by atoms with Crippen LogP contribution >= 0.6 is 11.6 Å². The number of hydrogen-bond donors (Lipinski definition) is 2. The summed E-state index contributed by atoms with van der Waals surface area (Å²) in [6.07, 6.45) is 4.81. The number of hydrogen-bond acceptors (Lipinski definition) is 7. The number of halogens is 1. The molecule has 1 fully saturated rings. The summed E-state index contributed by atoms with van der Waals surface area (Å²) < 4.78 is 0. The van der Waals surface area contributed by atoms with Crippen LogP contribution in [0.1, 0.15) is 18.4 Å². The van der Waals surface area contributed by atoms with E-state index in [0.29, 0.717) is 43.6 Å². The molecule has 1 amide bonds. The van der Waals surface area contributed by atoms with E-state index in [1.807, 2.05) is 35.2 Å². The fourth-order valence-corrected chi connectivity index (χ4v) is 3.88. The van der Waals surface area contributed by atoms with E-state index in [-0.39, 0.29) is 5.91 Å². The highest BCUT2D eigenvalue weighted by atomic mass is 35.5. The molecule has 9 heteroatoms. The number of benzene rings is 1. The van der Waals surface area contributed by atoms with Gasteiger partial charge in [-0.2, -0.15) is 0 Å². The van der Waals surface area contributed by atoms with Gasteiger partial charge in [0.2, 0.25) is 11.9 Å². The Balaban J connectivity index is 1.44. The molecular weight excluding hydrogens is 414 g/mol. The van der Waals surface area contributed by atoms with Crippen molar-refractivity contribution in [2.75, 3.05) is 42.9 Å². The van der Waals surface area contributed by atoms with Crippen LogP contribution in [0, 0.1) is 0 Å². The summed E-state index contributed by atoms with van der Waals surface area (Å²) in [5.41, 5.74) is 7.32. The number of fused-ring (bicyclic) bond motifs is 1. The van der Waals surface area contributed by atoms with Gasteiger partial charge in [-0.05, 0) is 30.7 Å². The van der Waals surface area contributed by atoms with Crippen LogP contribution in [-0.4, -0.2) is 58.5 Å². The molecule has 0 aliphatic carbocycles. The van der Waals surface area contributed by atoms with Crippen molar-refractivity contribution in [3.05, 3.63) is 53.3 Å². The number of aromatic nitrogens is 3. The summed E-state index contributed by atoms with van der Waals surface area (Å²) in [7, 11) is 0. The molecule has 1 aliphatic rings. The third-order valence-electron chi connectivity index (χ3n) is 5.41. The van der Waals surface area contributed by atoms with Crippen molar-refractivity contribution in [2.45, 2.75) is 19.4 Å². The van der Waals surface area contributed by atoms with Crippen LogP contribution in [0.3, 0.4) is 0 Å². The molecule has 162 valence electrons. The minimum absolute atomic E-state index is 0.175. The number of piperazine rings is 1. The van der Waals surface area contributed by atoms with E-state index in [4.69, 9.17) is 17.3 Å². The van der Waals surface area contributed by atoms with Crippen LogP contribution in [-0.2, 0) is 11.3 Å². The lowest BCUT2D eigenvalue weighted by molar-refractivity contribution is -0.131. The number of pyridine rings is 1. The smallest absolute Gasteiger partial charge is 0.223 e. The molecule has 1 aliphatic heterocycles. The molecule has 0 spiro atoms. The maximum atomic E-state index is 12.2. The predicted octanol–water partition coefficient (Wildman–Crippen LogP) is 2.68. The van der Waals surface area contributed by atoms with Crippen molar-refractivity contribution in [1.29, 1.82) is 0 Å². The molecule has 1 saturated heterocycles. The lowest BCUT2D eigenvalue weighted by Gasteiger charge is -2.35. The predicted molar refractivity (Wildman–Crippen MR) is 123 cm³/mol. The maximum absolute atomic E-state index is 12.2. The molecule has 0 unspecified atom stereocenters. The molecule has 3 aromatic rings. The standard InChI is InChI=1S/C22H26ClN7O/c23-18-5-2-1-4-16(18)14-26-22-27-15-17-19(28-22)7-9-25-21(17)30-12-10-29(11-13-30)20(31)6-3-8-24/h1-2,4-5,7,9,15H,3,6,8,10-14,24H2,(H,26,27,28). The first-order valence-electron chi connectivity index (χ1n) is 10.5. The van der Waals surface area contributed by atoms with Crippen LogP contribution in [0.15, 0.2) is 42.7 Å². The summed E-state index contributed by atoms with van der Waals surface area (Å²) in [5.74, 6) is 1.57. The zero-order valence-electron chi connectivity index (χ0n) is 17.3. The van der Waals surface area contributed by atoms with E-state index in [2.05, 4.69) is 25.2 Å². The van der Waals surface area contributed by atoms with Gasteiger partial charge in [0.25, 0.3) is 0 Å². The quantitative estimate of drug-likeness (QED) is 0.583. The number of nitrogens with two attached hydrogens (primary N) is 1. The second-order valence-electron chi connectivity index (χ2n) is 7.47. The largest absolute Gasteiger partial charge is 0.352 e. The van der Waals surface area contributed by atoms with Crippen LogP contribution < -0.4 is 16.0 Å². The van der Waals surface area contributed by atoms with Crippen molar-refractivity contribution < 1.29 is 4.79 Å². The number of rotatable bonds is 7. The molecule has 31 heavy (non-hydrogen) atoms. The van der Waals surface area contributed by atoms with Gasteiger partial charge in [0.15, 0.2) is 0 Å². The van der Waals surface area contributed by atoms with Gasteiger partial charge in [-0.3, -0.25) is 4.79 Å². The second kappa shape index (κ2) is 9.89. The highest BCUT2D eigenvalue weighted by Gasteiger charge is 2.23. The second-order valence-corrected chi connectivity index (χ2v) is 7.87. The Bertz CT molecular complexity index is 1050. The van der Waals surface area contributed by atoms with Crippen molar-refractivity contribution in [1.82, 2.24) is 19.9 Å². The SMILES string of the molecule is NCCCC(=O)N1CCN(c2nccc3nc(NCc4ccccc4Cl)ncc23)CC1. The minimum Gasteiger partial charge on any atom is -0.352 e. The molecule has 8 nitrogen and oxygen atoms in total. The highest BCUT2D eigenvalue weighted by molar-refractivity contribution is 6.31. The average Bonchev–Trinajstić information content (AvgIpc) is 2.81. The molecular formula is C22H26ClN7O. The van der Waals surface area contributed by atoms with Crippen molar-refractivity contribution in [3.63, 3.8) is 0 Å². The highest BCUT2D eigenvalue weighted by Crippen LogP contribution is 2.25. The molecule has 1 aromatic carbocycles. The van der Waals surface area contributed by atoms with Gasteiger partial charge in [0.1, 0.15) is 5.82 Å². The molecule has 2 aromatic heterocycles. The number of anilines is 2. The third-order valence-corrected chi connectivity index (χ3v) is 5.78. The minimum atomic E-state index is 0.175. The fraction of sp³-hybridized carbons (Fsp3) is 0.364. The molecule has 0 radical (unpaired) electrons. The Labute approximate surface area is 186 Å². The Hall–Kier alpha value is -2.97. The first-order chi connectivity index (χ1) is 15.2. The summed E-state index contributed by atoms with van der Waals surface area (Å²) in [5, 5.41) is 4.84. The summed E-state index contributed by atoms with van der Waals surface area (Å²) in [6.45, 7) is 3.91. The Kier molecular flexibility index (Phi) is 6.79. The van der Waals surface area contributed by atoms with Gasteiger partial charge < -0.3 is 20.9 Å². The van der Waals surface area contributed by atoms with E-state index in [0.717, 1.165) is 41.8 Å². The number of carbonyl (C=O) groups excluding carboxylic acids is 1. The van der Waals surface area contributed by atoms with Gasteiger partial charge in [-0.15, -0.1) is 0 Å². The number of amides is 1. The van der Waals surface area contributed by atoms with E-state index < -0.39 is 0 Å². The van der Waals surface area contributed by atoms with Crippen molar-refractivity contribution in [2.24, 2.45) is 5.73 Å². The molecule has 4 rings (SSSR count). The van der Waals surface area contributed by atoms with Crippen molar-refractivity contribution >= 4 is 40.2 Å². The van der Waals surface area contributed by atoms with Gasteiger partial charge in [-0.1, -0.05) is 29.8 Å². The van der Waals surface area contributed by atoms with Crippen LogP contribution in [0.2, 0.25) is 5.02 Å². The molecule has 0 saturated carbocycles. The van der Waals surface area contributed by atoms with Crippen LogP contribution in [0.25, 0.3) is 10.9 Å². The topological polar surface area (TPSA) is 100 Å². The Morgan fingerprint density at radius 2 is 1.94 bits per heavy atom. The Morgan fingerprint density at radius 1 is 1.13 bits per heavy atom. The zero-order valence-corrected chi connectivity index (χ0v) is 18.1. The molecule has 3 heterocycles. The van der Waals surface area contributed by atoms with E-state index in [9.17, 15) is 4.79 Å². The monoisotopic (exact) mass is 439 g/mol. The van der Waals surface area contributed by atoms with Crippen LogP contribution in [0.5, 0.6) is 0 Å². The van der Waals surface area contributed by atoms with Gasteiger partial charge in [0.05, 0.1) is 10.9 Å². The molecule has 0 atom stereocenters. The first-order valence-corrected chi connectivity index (χ1v) is 10.9. The molecule has 3 N–H and O–H groups in total. The van der Waals surface area contributed by atoms with E-state index in [1.54, 1.807) is 12.4 Å². The fourth-order valence-electron chi connectivity index (χ4n) is 3.67. The normalized spacial score (nSPS) is 14.1. The maximum Gasteiger partial charge on any atom is 0.223 e. The van der Waals surface area contributed by atoms with Gasteiger partial charge >= 0.3 is 0 Å². The summed E-state index contributed by atoms with van der Waals surface area (Å²) in [4.78, 5) is 30.0. The van der Waals surface area contributed by atoms with E-state index >= 15 is 0 Å². The van der Waals surface area contributed by atoms with Crippen LogP contribution in [0.4, 0.5) is 11.8 Å². The number of nitrogens with zero attached hydrogens (tertiary/aromatic N) is 5. The average molecular weight is 440 g/mol. The number of nitrogens with one attached hydrogen (secondary N) is 1. The van der Waals surface area contributed by atoms with Gasteiger partial charge in [-0.25, -0.2) is 15.0 Å². The lowest BCUT2D eigenvalue weighted by Crippen LogP contribution is -2.49. The molecule has 0 bridgehead atoms. The van der Waals surface area contributed by atoms with Gasteiger partial charge in [0, 0.05) is 56.6 Å². The summed E-state index contributed by atoms with van der Waals surface area (Å²) in [6, 6.07) is 9.58. The number of carbonyl (C=O) groups is 1. The van der Waals surface area contributed by atoms with Crippen molar-refractivity contribution in [3.8, 4) is 0 Å².